The maximum absolute atomic E-state index is 6.16. The number of benzene rings is 1. The molecule has 1 heterocycles. The molecule has 0 aliphatic heterocycles. The van der Waals surface area contributed by atoms with Gasteiger partial charge in [-0.3, -0.25) is 0 Å². The van der Waals surface area contributed by atoms with E-state index in [-0.39, 0.29) is 0 Å². The highest BCUT2D eigenvalue weighted by Crippen LogP contribution is 2.35. The molecule has 0 saturated heterocycles. The summed E-state index contributed by atoms with van der Waals surface area (Å²) in [5.74, 6) is 1.21. The average molecular weight is 296 g/mol. The highest BCUT2D eigenvalue weighted by atomic mass is 35.5. The van der Waals surface area contributed by atoms with Crippen LogP contribution in [-0.2, 0) is 13.1 Å². The molecule has 2 aromatic rings. The zero-order chi connectivity index (χ0) is 14.4. The topological polar surface area (TPSA) is 48.3 Å². The van der Waals surface area contributed by atoms with Crippen LogP contribution in [0.15, 0.2) is 30.9 Å². The second kappa shape index (κ2) is 7.17. The molecule has 0 radical (unpaired) electrons. The monoisotopic (exact) mass is 295 g/mol. The van der Waals surface area contributed by atoms with Gasteiger partial charge in [-0.05, 0) is 17.7 Å². The van der Waals surface area contributed by atoms with Crippen LogP contribution in [-0.4, -0.2) is 30.3 Å². The van der Waals surface area contributed by atoms with Crippen LogP contribution < -0.4 is 14.8 Å². The van der Waals surface area contributed by atoms with Crippen LogP contribution in [0.5, 0.6) is 11.5 Å². The van der Waals surface area contributed by atoms with Gasteiger partial charge in [-0.25, -0.2) is 4.98 Å². The minimum atomic E-state index is 0.554. The van der Waals surface area contributed by atoms with Gasteiger partial charge in [0.1, 0.15) is 0 Å². The van der Waals surface area contributed by atoms with Crippen LogP contribution in [0.1, 0.15) is 5.56 Å². The SMILES string of the molecule is COc1cc(CNCCn2ccnc2)cc(Cl)c1OC. The number of aromatic nitrogens is 2. The number of ether oxygens (including phenoxy) is 2. The Morgan fingerprint density at radius 3 is 2.80 bits per heavy atom. The largest absolute Gasteiger partial charge is 0.493 e. The second-order valence-corrected chi connectivity index (χ2v) is 4.70. The fourth-order valence-electron chi connectivity index (χ4n) is 1.93. The summed E-state index contributed by atoms with van der Waals surface area (Å²) in [6, 6.07) is 3.81. The Kier molecular flexibility index (Phi) is 5.26. The van der Waals surface area contributed by atoms with Crippen molar-refractivity contribution >= 4 is 11.6 Å². The lowest BCUT2D eigenvalue weighted by molar-refractivity contribution is 0.354. The third-order valence-electron chi connectivity index (χ3n) is 2.93. The van der Waals surface area contributed by atoms with Crippen molar-refractivity contribution in [2.45, 2.75) is 13.1 Å². The summed E-state index contributed by atoms with van der Waals surface area (Å²) < 4.78 is 12.5. The van der Waals surface area contributed by atoms with Crippen LogP contribution in [0.4, 0.5) is 0 Å². The highest BCUT2D eigenvalue weighted by molar-refractivity contribution is 6.32. The highest BCUT2D eigenvalue weighted by Gasteiger charge is 2.10. The van der Waals surface area contributed by atoms with Crippen LogP contribution in [0.3, 0.4) is 0 Å². The van der Waals surface area contributed by atoms with Crippen molar-refractivity contribution in [3.8, 4) is 11.5 Å². The fourth-order valence-corrected chi connectivity index (χ4v) is 2.24. The number of hydrogen-bond donors (Lipinski definition) is 1. The first-order valence-electron chi connectivity index (χ1n) is 6.31. The summed E-state index contributed by atoms with van der Waals surface area (Å²) >= 11 is 6.16. The van der Waals surface area contributed by atoms with E-state index < -0.39 is 0 Å². The maximum atomic E-state index is 6.16. The summed E-state index contributed by atoms with van der Waals surface area (Å²) in [5, 5.41) is 3.91. The molecule has 1 aromatic carbocycles. The Hall–Kier alpha value is -1.72. The molecule has 20 heavy (non-hydrogen) atoms. The molecule has 6 heteroatoms. The Balaban J connectivity index is 1.91. The van der Waals surface area contributed by atoms with Gasteiger partial charge < -0.3 is 19.4 Å². The van der Waals surface area contributed by atoms with Gasteiger partial charge in [-0.15, -0.1) is 0 Å². The summed E-state index contributed by atoms with van der Waals surface area (Å²) in [6.07, 6.45) is 5.51. The predicted molar refractivity (Wildman–Crippen MR) is 78.5 cm³/mol. The molecule has 0 fully saturated rings. The number of hydrogen-bond acceptors (Lipinski definition) is 4. The van der Waals surface area contributed by atoms with Gasteiger partial charge in [0.25, 0.3) is 0 Å². The summed E-state index contributed by atoms with van der Waals surface area (Å²) in [7, 11) is 3.18. The predicted octanol–water partition coefficient (Wildman–Crippen LogP) is 2.34. The van der Waals surface area contributed by atoms with Crippen molar-refractivity contribution in [3.63, 3.8) is 0 Å². The minimum absolute atomic E-state index is 0.554. The fraction of sp³-hybridized carbons (Fsp3) is 0.357. The Morgan fingerprint density at radius 2 is 2.15 bits per heavy atom. The molecule has 108 valence electrons. The van der Waals surface area contributed by atoms with E-state index in [1.54, 1.807) is 26.7 Å². The van der Waals surface area contributed by atoms with E-state index in [0.717, 1.165) is 25.2 Å². The molecular formula is C14H18ClN3O2. The van der Waals surface area contributed by atoms with Crippen molar-refractivity contribution in [2.75, 3.05) is 20.8 Å². The van der Waals surface area contributed by atoms with Crippen LogP contribution in [0.2, 0.25) is 5.02 Å². The first kappa shape index (κ1) is 14.7. The molecular weight excluding hydrogens is 278 g/mol. The van der Waals surface area contributed by atoms with Gasteiger partial charge in [0.05, 0.1) is 25.6 Å². The lowest BCUT2D eigenvalue weighted by atomic mass is 10.2. The molecule has 0 aliphatic carbocycles. The molecule has 0 amide bonds. The number of imidazole rings is 1. The summed E-state index contributed by atoms with van der Waals surface area (Å²) in [4.78, 5) is 4.00. The molecule has 5 nitrogen and oxygen atoms in total. The van der Waals surface area contributed by atoms with Crippen LogP contribution >= 0.6 is 11.6 Å². The van der Waals surface area contributed by atoms with E-state index in [9.17, 15) is 0 Å². The number of nitrogens with one attached hydrogen (secondary N) is 1. The number of methoxy groups -OCH3 is 2. The van der Waals surface area contributed by atoms with Gasteiger partial charge in [0.2, 0.25) is 0 Å². The molecule has 0 aliphatic rings. The van der Waals surface area contributed by atoms with Crippen molar-refractivity contribution in [2.24, 2.45) is 0 Å². The van der Waals surface area contributed by atoms with E-state index in [2.05, 4.69) is 10.3 Å². The second-order valence-electron chi connectivity index (χ2n) is 4.29. The lowest BCUT2D eigenvalue weighted by Crippen LogP contribution is -2.19. The van der Waals surface area contributed by atoms with E-state index in [1.165, 1.54) is 0 Å². The van der Waals surface area contributed by atoms with E-state index in [0.29, 0.717) is 16.5 Å². The smallest absolute Gasteiger partial charge is 0.179 e. The Labute approximate surface area is 123 Å². The van der Waals surface area contributed by atoms with Crippen molar-refractivity contribution in [1.29, 1.82) is 0 Å². The maximum Gasteiger partial charge on any atom is 0.179 e. The van der Waals surface area contributed by atoms with Gasteiger partial charge in [0, 0.05) is 32.0 Å². The zero-order valence-corrected chi connectivity index (χ0v) is 12.4. The molecule has 1 N–H and O–H groups in total. The van der Waals surface area contributed by atoms with E-state index in [1.807, 2.05) is 22.9 Å². The Morgan fingerprint density at radius 1 is 1.30 bits per heavy atom. The van der Waals surface area contributed by atoms with Crippen molar-refractivity contribution in [1.82, 2.24) is 14.9 Å². The molecule has 0 atom stereocenters. The van der Waals surface area contributed by atoms with Gasteiger partial charge in [-0.2, -0.15) is 0 Å². The van der Waals surface area contributed by atoms with Gasteiger partial charge in [0.15, 0.2) is 11.5 Å². The van der Waals surface area contributed by atoms with Gasteiger partial charge >= 0.3 is 0 Å². The first-order chi connectivity index (χ1) is 9.74. The molecule has 0 saturated carbocycles. The standard InChI is InChI=1S/C14H18ClN3O2/c1-19-13-8-11(7-12(15)14(13)20-2)9-16-3-5-18-6-4-17-10-18/h4,6-8,10,16H,3,5,9H2,1-2H3. The molecule has 0 spiro atoms. The van der Waals surface area contributed by atoms with Crippen molar-refractivity contribution < 1.29 is 9.47 Å². The van der Waals surface area contributed by atoms with E-state index >= 15 is 0 Å². The van der Waals surface area contributed by atoms with Crippen molar-refractivity contribution in [3.05, 3.63) is 41.4 Å². The van der Waals surface area contributed by atoms with E-state index in [4.69, 9.17) is 21.1 Å². The average Bonchev–Trinajstić information content (AvgIpc) is 2.96. The minimum Gasteiger partial charge on any atom is -0.493 e. The lowest BCUT2D eigenvalue weighted by Gasteiger charge is -2.12. The quantitative estimate of drug-likeness (QED) is 0.797. The number of rotatable bonds is 7. The molecule has 2 rings (SSSR count). The summed E-state index contributed by atoms with van der Waals surface area (Å²) in [5.41, 5.74) is 1.05. The van der Waals surface area contributed by atoms with Gasteiger partial charge in [-0.1, -0.05) is 11.6 Å². The number of halogens is 1. The Bertz CT molecular complexity index is 544. The van der Waals surface area contributed by atoms with Crippen LogP contribution in [0, 0.1) is 0 Å². The summed E-state index contributed by atoms with van der Waals surface area (Å²) in [6.45, 7) is 2.44. The third kappa shape index (κ3) is 3.65. The molecule has 0 bridgehead atoms. The molecule has 0 unspecified atom stereocenters. The normalized spacial score (nSPS) is 10.6. The number of nitrogens with zero attached hydrogens (tertiary/aromatic N) is 2. The third-order valence-corrected chi connectivity index (χ3v) is 3.21. The zero-order valence-electron chi connectivity index (χ0n) is 11.6. The molecule has 1 aromatic heterocycles. The van der Waals surface area contributed by atoms with Crippen LogP contribution in [0.25, 0.3) is 0 Å². The first-order valence-corrected chi connectivity index (χ1v) is 6.69.